The molecule has 1 N–H and O–H groups in total. The summed E-state index contributed by atoms with van der Waals surface area (Å²) in [7, 11) is 0. The van der Waals surface area contributed by atoms with Crippen LogP contribution in [0.25, 0.3) is 0 Å². The first-order valence-electron chi connectivity index (χ1n) is 6.65. The first-order valence-corrected chi connectivity index (χ1v) is 7.03. The van der Waals surface area contributed by atoms with E-state index in [4.69, 9.17) is 11.6 Å². The summed E-state index contributed by atoms with van der Waals surface area (Å²) in [6.07, 6.45) is 2.55. The van der Waals surface area contributed by atoms with Gasteiger partial charge in [0.25, 0.3) is 0 Å². The van der Waals surface area contributed by atoms with Gasteiger partial charge in [-0.05, 0) is 25.0 Å². The van der Waals surface area contributed by atoms with E-state index in [2.05, 4.69) is 16.8 Å². The Hall–Kier alpha value is -0.320. The maximum atomic E-state index is 14.2. The zero-order chi connectivity index (χ0) is 13.8. The van der Waals surface area contributed by atoms with Crippen LogP contribution in [0.15, 0.2) is 24.8 Å². The monoisotopic (exact) mass is 354 g/mol. The van der Waals surface area contributed by atoms with Crippen LogP contribution >= 0.6 is 36.4 Å². The highest BCUT2D eigenvalue weighted by molar-refractivity contribution is 6.32. The number of piperazine rings is 1. The van der Waals surface area contributed by atoms with E-state index < -0.39 is 0 Å². The molecular weight excluding hydrogens is 334 g/mol. The van der Waals surface area contributed by atoms with Gasteiger partial charge in [-0.25, -0.2) is 4.39 Å². The molecule has 21 heavy (non-hydrogen) atoms. The van der Waals surface area contributed by atoms with Crippen molar-refractivity contribution in [3.8, 4) is 0 Å². The number of rotatable bonds is 4. The SMILES string of the molecule is C=CC[C@@H](c1c(F)ccc(C)c1Cl)N1CCNCC1.Cl.Cl. The standard InChI is InChI=1S/C15H20ClFN2.2ClH/c1-3-4-13(19-9-7-18-8-10-19)14-12(17)6-5-11(2)15(14)16;;/h3,5-6,13,18H,1,4,7-10H2,2H3;2*1H/t13-;;/m0../s1. The summed E-state index contributed by atoms with van der Waals surface area (Å²) in [4.78, 5) is 2.28. The number of benzene rings is 1. The van der Waals surface area contributed by atoms with Crippen molar-refractivity contribution in [2.45, 2.75) is 19.4 Å². The molecule has 1 aliphatic rings. The van der Waals surface area contributed by atoms with Crippen molar-refractivity contribution < 1.29 is 4.39 Å². The molecule has 0 radical (unpaired) electrons. The fourth-order valence-electron chi connectivity index (χ4n) is 2.58. The van der Waals surface area contributed by atoms with Gasteiger partial charge in [0, 0.05) is 37.8 Å². The topological polar surface area (TPSA) is 15.3 Å². The summed E-state index contributed by atoms with van der Waals surface area (Å²) < 4.78 is 14.2. The Balaban J connectivity index is 0.00000200. The summed E-state index contributed by atoms with van der Waals surface area (Å²) in [6, 6.07) is 3.21. The molecule has 120 valence electrons. The minimum Gasteiger partial charge on any atom is -0.314 e. The van der Waals surface area contributed by atoms with Crippen LogP contribution in [0.1, 0.15) is 23.6 Å². The lowest BCUT2D eigenvalue weighted by Gasteiger charge is -2.35. The van der Waals surface area contributed by atoms with Crippen LogP contribution < -0.4 is 5.32 Å². The van der Waals surface area contributed by atoms with Crippen LogP contribution in [0.5, 0.6) is 0 Å². The number of halogens is 4. The van der Waals surface area contributed by atoms with Crippen molar-refractivity contribution in [2.24, 2.45) is 0 Å². The molecule has 1 aromatic rings. The Labute approximate surface area is 143 Å². The predicted molar refractivity (Wildman–Crippen MR) is 92.6 cm³/mol. The molecule has 0 spiro atoms. The van der Waals surface area contributed by atoms with Gasteiger partial charge in [-0.2, -0.15) is 0 Å². The van der Waals surface area contributed by atoms with Crippen molar-refractivity contribution in [1.82, 2.24) is 10.2 Å². The summed E-state index contributed by atoms with van der Waals surface area (Å²) in [6.45, 7) is 9.37. The van der Waals surface area contributed by atoms with Gasteiger partial charge in [0.1, 0.15) is 5.82 Å². The van der Waals surface area contributed by atoms with E-state index in [0.717, 1.165) is 31.7 Å². The second kappa shape index (κ2) is 9.65. The Morgan fingerprint density at radius 2 is 2.00 bits per heavy atom. The third kappa shape index (κ3) is 4.83. The number of aryl methyl sites for hydroxylation is 1. The summed E-state index contributed by atoms with van der Waals surface area (Å²) in [5.74, 6) is -0.221. The Morgan fingerprint density at radius 3 is 2.57 bits per heavy atom. The summed E-state index contributed by atoms with van der Waals surface area (Å²) in [5.41, 5.74) is 1.53. The number of nitrogens with one attached hydrogen (secondary N) is 1. The lowest BCUT2D eigenvalue weighted by molar-refractivity contribution is 0.171. The number of hydrogen-bond acceptors (Lipinski definition) is 2. The van der Waals surface area contributed by atoms with Gasteiger partial charge in [-0.1, -0.05) is 23.7 Å². The van der Waals surface area contributed by atoms with Crippen LogP contribution in [-0.4, -0.2) is 31.1 Å². The van der Waals surface area contributed by atoms with Gasteiger partial charge in [0.05, 0.1) is 5.02 Å². The van der Waals surface area contributed by atoms with Crippen molar-refractivity contribution in [2.75, 3.05) is 26.2 Å². The summed E-state index contributed by atoms with van der Waals surface area (Å²) in [5, 5.41) is 3.86. The molecule has 0 amide bonds. The van der Waals surface area contributed by atoms with Crippen LogP contribution in [0.2, 0.25) is 5.02 Å². The molecule has 0 bridgehead atoms. The highest BCUT2D eigenvalue weighted by Crippen LogP contribution is 2.34. The highest BCUT2D eigenvalue weighted by Gasteiger charge is 2.26. The molecule has 2 rings (SSSR count). The third-order valence-corrected chi connectivity index (χ3v) is 4.14. The van der Waals surface area contributed by atoms with Crippen LogP contribution in [-0.2, 0) is 0 Å². The molecule has 0 unspecified atom stereocenters. The molecule has 1 aliphatic heterocycles. The Morgan fingerprint density at radius 1 is 1.38 bits per heavy atom. The molecule has 0 saturated carbocycles. The predicted octanol–water partition coefficient (Wildman–Crippen LogP) is 4.15. The first-order chi connectivity index (χ1) is 9.15. The quantitative estimate of drug-likeness (QED) is 0.816. The second-order valence-corrected chi connectivity index (χ2v) is 5.30. The van der Waals surface area contributed by atoms with Gasteiger partial charge in [-0.3, -0.25) is 4.90 Å². The molecule has 0 aromatic heterocycles. The lowest BCUT2D eigenvalue weighted by atomic mass is 9.98. The molecule has 1 fully saturated rings. The molecule has 1 atom stereocenters. The molecular formula is C15H22Cl3FN2. The first kappa shape index (κ1) is 20.7. The average Bonchev–Trinajstić information content (AvgIpc) is 2.43. The van der Waals surface area contributed by atoms with E-state index in [1.165, 1.54) is 6.07 Å². The minimum atomic E-state index is -0.221. The molecule has 2 nitrogen and oxygen atoms in total. The minimum absolute atomic E-state index is 0. The largest absolute Gasteiger partial charge is 0.314 e. The molecule has 1 heterocycles. The van der Waals surface area contributed by atoms with Gasteiger partial charge in [0.2, 0.25) is 0 Å². The fourth-order valence-corrected chi connectivity index (χ4v) is 2.86. The van der Waals surface area contributed by atoms with E-state index in [-0.39, 0.29) is 36.7 Å². The Bertz CT molecular complexity index is 462. The van der Waals surface area contributed by atoms with E-state index in [9.17, 15) is 4.39 Å². The van der Waals surface area contributed by atoms with Gasteiger partial charge in [0.15, 0.2) is 0 Å². The van der Waals surface area contributed by atoms with Crippen LogP contribution in [0.4, 0.5) is 4.39 Å². The number of hydrogen-bond donors (Lipinski definition) is 1. The van der Waals surface area contributed by atoms with E-state index >= 15 is 0 Å². The third-order valence-electron chi connectivity index (χ3n) is 3.64. The molecule has 1 saturated heterocycles. The molecule has 0 aliphatic carbocycles. The van der Waals surface area contributed by atoms with Crippen molar-refractivity contribution in [3.63, 3.8) is 0 Å². The number of nitrogens with zero attached hydrogens (tertiary/aromatic N) is 1. The highest BCUT2D eigenvalue weighted by atomic mass is 35.5. The smallest absolute Gasteiger partial charge is 0.129 e. The van der Waals surface area contributed by atoms with Gasteiger partial charge < -0.3 is 5.32 Å². The van der Waals surface area contributed by atoms with Gasteiger partial charge >= 0.3 is 0 Å². The van der Waals surface area contributed by atoms with Crippen LogP contribution in [0.3, 0.4) is 0 Å². The van der Waals surface area contributed by atoms with E-state index in [0.29, 0.717) is 17.0 Å². The second-order valence-electron chi connectivity index (χ2n) is 4.92. The van der Waals surface area contributed by atoms with Crippen molar-refractivity contribution >= 4 is 36.4 Å². The maximum absolute atomic E-state index is 14.2. The van der Waals surface area contributed by atoms with E-state index in [1.54, 1.807) is 6.07 Å². The summed E-state index contributed by atoms with van der Waals surface area (Å²) >= 11 is 6.33. The average molecular weight is 356 g/mol. The lowest BCUT2D eigenvalue weighted by Crippen LogP contribution is -2.45. The fraction of sp³-hybridized carbons (Fsp3) is 0.467. The Kier molecular flexibility index (Phi) is 9.50. The van der Waals surface area contributed by atoms with Gasteiger partial charge in [-0.15, -0.1) is 31.4 Å². The maximum Gasteiger partial charge on any atom is 0.129 e. The normalized spacial score (nSPS) is 16.5. The zero-order valence-electron chi connectivity index (χ0n) is 12.1. The van der Waals surface area contributed by atoms with E-state index in [1.807, 2.05) is 13.0 Å². The van der Waals surface area contributed by atoms with Crippen LogP contribution in [0, 0.1) is 12.7 Å². The zero-order valence-corrected chi connectivity index (χ0v) is 14.5. The van der Waals surface area contributed by atoms with Crippen molar-refractivity contribution in [1.29, 1.82) is 0 Å². The van der Waals surface area contributed by atoms with Crippen molar-refractivity contribution in [3.05, 3.63) is 46.8 Å². The molecule has 6 heteroatoms. The molecule has 1 aromatic carbocycles.